The number of benzene rings is 1. The molecular weight excluding hydrogens is 337 g/mol. The lowest BCUT2D eigenvalue weighted by molar-refractivity contribution is -0.122. The lowest BCUT2D eigenvalue weighted by Gasteiger charge is -2.14. The molecule has 0 saturated heterocycles. The van der Waals surface area contributed by atoms with Gasteiger partial charge >= 0.3 is 0 Å². The third-order valence-electron chi connectivity index (χ3n) is 3.11. The number of carbonyl (C=O) groups excluding carboxylic acids is 2. The number of aromatic nitrogens is 1. The van der Waals surface area contributed by atoms with E-state index < -0.39 is 11.9 Å². The average Bonchev–Trinajstić information content (AvgIpc) is 2.53. The number of pyridine rings is 1. The highest BCUT2D eigenvalue weighted by Gasteiger charge is 2.18. The highest BCUT2D eigenvalue weighted by atomic mass is 35.5. The van der Waals surface area contributed by atoms with E-state index in [2.05, 4.69) is 15.6 Å². The predicted molar refractivity (Wildman–Crippen MR) is 89.5 cm³/mol. The average molecular weight is 352 g/mol. The maximum atomic E-state index is 12.1. The number of halogens is 2. The van der Waals surface area contributed by atoms with Crippen molar-refractivity contribution in [1.82, 2.24) is 15.6 Å². The predicted octanol–water partition coefficient (Wildman–Crippen LogP) is 2.82. The van der Waals surface area contributed by atoms with Crippen LogP contribution in [0.4, 0.5) is 0 Å². The molecule has 0 bridgehead atoms. The Labute approximate surface area is 144 Å². The lowest BCUT2D eigenvalue weighted by Crippen LogP contribution is -2.44. The van der Waals surface area contributed by atoms with Crippen LogP contribution in [0, 0.1) is 0 Å². The van der Waals surface area contributed by atoms with Gasteiger partial charge in [-0.05, 0) is 36.8 Å². The van der Waals surface area contributed by atoms with Crippen LogP contribution in [0.15, 0.2) is 42.7 Å². The molecule has 0 saturated carbocycles. The van der Waals surface area contributed by atoms with E-state index in [1.54, 1.807) is 31.5 Å². The van der Waals surface area contributed by atoms with Gasteiger partial charge in [0.1, 0.15) is 6.04 Å². The fraction of sp³-hybridized carbons (Fsp3) is 0.188. The van der Waals surface area contributed by atoms with E-state index in [9.17, 15) is 9.59 Å². The highest BCUT2D eigenvalue weighted by Crippen LogP contribution is 2.20. The fourth-order valence-electron chi connectivity index (χ4n) is 1.86. The van der Waals surface area contributed by atoms with E-state index in [-0.39, 0.29) is 16.5 Å². The third-order valence-corrected chi connectivity index (χ3v) is 3.65. The molecule has 2 N–H and O–H groups in total. The van der Waals surface area contributed by atoms with Crippen LogP contribution in [-0.4, -0.2) is 22.8 Å². The molecule has 1 atom stereocenters. The van der Waals surface area contributed by atoms with Gasteiger partial charge < -0.3 is 10.6 Å². The molecule has 120 valence electrons. The molecule has 2 aromatic rings. The molecule has 0 unspecified atom stereocenters. The minimum absolute atomic E-state index is 0.234. The normalized spacial score (nSPS) is 11.6. The molecule has 7 heteroatoms. The standard InChI is InChI=1S/C16H15Cl2N3O2/c1-10(15(22)20-9-11-3-2-6-19-8-11)21-16(23)13-5-4-12(17)7-14(13)18/h2-8,10H,9H2,1H3,(H,20,22)(H,21,23)/t10-/m0/s1. The van der Waals surface area contributed by atoms with Crippen molar-refractivity contribution >= 4 is 35.0 Å². The zero-order valence-corrected chi connectivity index (χ0v) is 13.9. The van der Waals surface area contributed by atoms with E-state index in [0.29, 0.717) is 11.6 Å². The molecule has 0 fully saturated rings. The molecule has 0 spiro atoms. The van der Waals surface area contributed by atoms with Crippen molar-refractivity contribution in [2.75, 3.05) is 0 Å². The lowest BCUT2D eigenvalue weighted by atomic mass is 10.2. The Morgan fingerprint density at radius 1 is 1.26 bits per heavy atom. The van der Waals surface area contributed by atoms with Gasteiger partial charge in [-0.1, -0.05) is 29.3 Å². The monoisotopic (exact) mass is 351 g/mol. The van der Waals surface area contributed by atoms with Crippen molar-refractivity contribution in [2.45, 2.75) is 19.5 Å². The topological polar surface area (TPSA) is 71.1 Å². The number of carbonyl (C=O) groups is 2. The summed E-state index contributed by atoms with van der Waals surface area (Å²) in [5, 5.41) is 6.00. The summed E-state index contributed by atoms with van der Waals surface area (Å²) in [6.45, 7) is 1.94. The summed E-state index contributed by atoms with van der Waals surface area (Å²) >= 11 is 11.8. The Hall–Kier alpha value is -2.11. The van der Waals surface area contributed by atoms with Crippen LogP contribution >= 0.6 is 23.2 Å². The van der Waals surface area contributed by atoms with E-state index in [1.165, 1.54) is 12.1 Å². The third kappa shape index (κ3) is 4.94. The van der Waals surface area contributed by atoms with Crippen LogP contribution in [0.3, 0.4) is 0 Å². The van der Waals surface area contributed by atoms with Crippen molar-refractivity contribution in [3.63, 3.8) is 0 Å². The van der Waals surface area contributed by atoms with Gasteiger partial charge in [-0.15, -0.1) is 0 Å². The number of hydrogen-bond donors (Lipinski definition) is 2. The first-order valence-electron chi connectivity index (χ1n) is 6.90. The zero-order chi connectivity index (χ0) is 16.8. The van der Waals surface area contributed by atoms with Crippen molar-refractivity contribution in [3.05, 3.63) is 63.9 Å². The van der Waals surface area contributed by atoms with Crippen LogP contribution in [0.25, 0.3) is 0 Å². The summed E-state index contributed by atoms with van der Waals surface area (Å²) in [6.07, 6.45) is 3.32. The Balaban J connectivity index is 1.91. The maximum Gasteiger partial charge on any atom is 0.253 e. The molecule has 0 aliphatic carbocycles. The number of amides is 2. The van der Waals surface area contributed by atoms with Gasteiger partial charge in [0.15, 0.2) is 0 Å². The van der Waals surface area contributed by atoms with Gasteiger partial charge in [-0.3, -0.25) is 14.6 Å². The zero-order valence-electron chi connectivity index (χ0n) is 12.3. The van der Waals surface area contributed by atoms with Crippen molar-refractivity contribution in [3.8, 4) is 0 Å². The summed E-state index contributed by atoms with van der Waals surface area (Å²) in [7, 11) is 0. The van der Waals surface area contributed by atoms with E-state index in [0.717, 1.165) is 5.56 Å². The summed E-state index contributed by atoms with van der Waals surface area (Å²) in [6, 6.07) is 7.49. The van der Waals surface area contributed by atoms with Crippen molar-refractivity contribution in [1.29, 1.82) is 0 Å². The van der Waals surface area contributed by atoms with Gasteiger partial charge in [-0.25, -0.2) is 0 Å². The quantitative estimate of drug-likeness (QED) is 0.869. The van der Waals surface area contributed by atoms with E-state index in [1.807, 2.05) is 6.07 Å². The molecule has 1 aromatic carbocycles. The Morgan fingerprint density at radius 3 is 2.70 bits per heavy atom. The fourth-order valence-corrected chi connectivity index (χ4v) is 2.35. The SMILES string of the molecule is C[C@H](NC(=O)c1ccc(Cl)cc1Cl)C(=O)NCc1cccnc1. The number of nitrogens with one attached hydrogen (secondary N) is 2. The van der Waals surface area contributed by atoms with Crippen molar-refractivity contribution < 1.29 is 9.59 Å². The Morgan fingerprint density at radius 2 is 2.04 bits per heavy atom. The first kappa shape index (κ1) is 17.2. The van der Waals surface area contributed by atoms with E-state index in [4.69, 9.17) is 23.2 Å². The molecule has 23 heavy (non-hydrogen) atoms. The summed E-state index contributed by atoms with van der Waals surface area (Å²) in [5.41, 5.74) is 1.14. The Bertz CT molecular complexity index is 708. The largest absolute Gasteiger partial charge is 0.350 e. The van der Waals surface area contributed by atoms with E-state index >= 15 is 0 Å². The first-order chi connectivity index (χ1) is 11.0. The molecule has 1 heterocycles. The number of rotatable bonds is 5. The minimum atomic E-state index is -0.703. The van der Waals surface area contributed by atoms with Gasteiger partial charge in [0.05, 0.1) is 10.6 Å². The summed E-state index contributed by atoms with van der Waals surface area (Å²) in [4.78, 5) is 28.1. The molecule has 2 amide bonds. The van der Waals surface area contributed by atoms with Gasteiger partial charge in [0.2, 0.25) is 5.91 Å². The van der Waals surface area contributed by atoms with Crippen LogP contribution in [0.2, 0.25) is 10.0 Å². The summed E-state index contributed by atoms with van der Waals surface area (Å²) in [5.74, 6) is -0.733. The van der Waals surface area contributed by atoms with Gasteiger partial charge in [0, 0.05) is 24.0 Å². The smallest absolute Gasteiger partial charge is 0.253 e. The minimum Gasteiger partial charge on any atom is -0.350 e. The second kappa shape index (κ2) is 7.94. The number of hydrogen-bond acceptors (Lipinski definition) is 3. The number of nitrogens with zero attached hydrogens (tertiary/aromatic N) is 1. The van der Waals surface area contributed by atoms with Crippen LogP contribution in [-0.2, 0) is 11.3 Å². The van der Waals surface area contributed by atoms with Crippen LogP contribution < -0.4 is 10.6 Å². The second-order valence-electron chi connectivity index (χ2n) is 4.90. The van der Waals surface area contributed by atoms with Crippen LogP contribution in [0.5, 0.6) is 0 Å². The molecule has 0 aliphatic rings. The van der Waals surface area contributed by atoms with Gasteiger partial charge in [0.25, 0.3) is 5.91 Å². The molecule has 0 aliphatic heterocycles. The van der Waals surface area contributed by atoms with Crippen molar-refractivity contribution in [2.24, 2.45) is 0 Å². The molecule has 2 rings (SSSR count). The molecule has 1 aromatic heterocycles. The molecule has 5 nitrogen and oxygen atoms in total. The Kier molecular flexibility index (Phi) is 5.96. The first-order valence-corrected chi connectivity index (χ1v) is 7.65. The van der Waals surface area contributed by atoms with Gasteiger partial charge in [-0.2, -0.15) is 0 Å². The summed E-state index contributed by atoms with van der Waals surface area (Å²) < 4.78 is 0. The molecular formula is C16H15Cl2N3O2. The van der Waals surface area contributed by atoms with Crippen LogP contribution in [0.1, 0.15) is 22.8 Å². The maximum absolute atomic E-state index is 12.1. The second-order valence-corrected chi connectivity index (χ2v) is 5.74. The highest BCUT2D eigenvalue weighted by molar-refractivity contribution is 6.36. The molecule has 0 radical (unpaired) electrons.